The number of carbonyl (C=O) groups excluding carboxylic acids is 1. The van der Waals surface area contributed by atoms with Crippen LogP contribution in [-0.4, -0.2) is 25.0 Å². The topological polar surface area (TPSA) is 32.3 Å². The van der Waals surface area contributed by atoms with Gasteiger partial charge in [-0.05, 0) is 56.5 Å². The Kier molecular flexibility index (Phi) is 4.02. The highest BCUT2D eigenvalue weighted by Gasteiger charge is 2.31. The third kappa shape index (κ3) is 2.56. The molecule has 1 aromatic rings. The van der Waals surface area contributed by atoms with Gasteiger partial charge in [0.25, 0.3) is 0 Å². The second-order valence-electron chi connectivity index (χ2n) is 5.05. The van der Waals surface area contributed by atoms with Crippen molar-refractivity contribution in [1.29, 1.82) is 0 Å². The fourth-order valence-corrected chi connectivity index (χ4v) is 2.34. The second kappa shape index (κ2) is 5.53. The summed E-state index contributed by atoms with van der Waals surface area (Å²) in [7, 11) is 0. The predicted molar refractivity (Wildman–Crippen MR) is 75.0 cm³/mol. The number of hydrogen-bond donors (Lipinski definition) is 1. The van der Waals surface area contributed by atoms with E-state index in [2.05, 4.69) is 38.2 Å². The lowest BCUT2D eigenvalue weighted by Gasteiger charge is -2.18. The summed E-state index contributed by atoms with van der Waals surface area (Å²) in [5.41, 5.74) is 3.54. The van der Waals surface area contributed by atoms with Crippen molar-refractivity contribution in [2.24, 2.45) is 0 Å². The highest BCUT2D eigenvalue weighted by atomic mass is 16.2. The van der Waals surface area contributed by atoms with E-state index in [1.54, 1.807) is 0 Å². The fourth-order valence-electron chi connectivity index (χ4n) is 2.34. The Bertz CT molecular complexity index is 442. The van der Waals surface area contributed by atoms with E-state index in [1.807, 2.05) is 11.0 Å². The number of hydrogen-bond acceptors (Lipinski definition) is 2. The summed E-state index contributed by atoms with van der Waals surface area (Å²) in [6.45, 7) is 8.04. The molecule has 0 bridgehead atoms. The molecule has 1 N–H and O–H groups in total. The number of nitrogens with zero attached hydrogens (tertiary/aromatic N) is 1. The van der Waals surface area contributed by atoms with Gasteiger partial charge < -0.3 is 10.2 Å². The average molecular weight is 246 g/mol. The molecular formula is C15H22N2O. The first kappa shape index (κ1) is 13.1. The van der Waals surface area contributed by atoms with Gasteiger partial charge in [0.2, 0.25) is 5.91 Å². The molecule has 1 heterocycles. The Morgan fingerprint density at radius 1 is 1.33 bits per heavy atom. The van der Waals surface area contributed by atoms with Crippen molar-refractivity contribution in [2.75, 3.05) is 18.0 Å². The van der Waals surface area contributed by atoms with Crippen LogP contribution in [0.2, 0.25) is 0 Å². The van der Waals surface area contributed by atoms with E-state index in [4.69, 9.17) is 0 Å². The summed E-state index contributed by atoms with van der Waals surface area (Å²) in [5, 5.41) is 3.32. The van der Waals surface area contributed by atoms with E-state index in [-0.39, 0.29) is 11.9 Å². The first-order valence-electron chi connectivity index (χ1n) is 6.75. The average Bonchev–Trinajstić information content (AvgIpc) is 2.72. The molecule has 0 aliphatic carbocycles. The van der Waals surface area contributed by atoms with Crippen LogP contribution in [0.3, 0.4) is 0 Å². The first-order valence-corrected chi connectivity index (χ1v) is 6.75. The minimum absolute atomic E-state index is 0.00607. The summed E-state index contributed by atoms with van der Waals surface area (Å²) < 4.78 is 0. The molecule has 1 aliphatic rings. The molecule has 1 fully saturated rings. The van der Waals surface area contributed by atoms with Crippen LogP contribution in [0.5, 0.6) is 0 Å². The van der Waals surface area contributed by atoms with Gasteiger partial charge in [-0.2, -0.15) is 0 Å². The zero-order chi connectivity index (χ0) is 13.1. The van der Waals surface area contributed by atoms with Crippen LogP contribution in [0.4, 0.5) is 5.69 Å². The van der Waals surface area contributed by atoms with Gasteiger partial charge in [-0.15, -0.1) is 0 Å². The van der Waals surface area contributed by atoms with Crippen LogP contribution in [-0.2, 0) is 4.79 Å². The summed E-state index contributed by atoms with van der Waals surface area (Å²) in [4.78, 5) is 14.2. The van der Waals surface area contributed by atoms with Gasteiger partial charge in [-0.25, -0.2) is 0 Å². The van der Waals surface area contributed by atoms with Gasteiger partial charge >= 0.3 is 0 Å². The van der Waals surface area contributed by atoms with Crippen molar-refractivity contribution < 1.29 is 4.79 Å². The summed E-state index contributed by atoms with van der Waals surface area (Å²) in [5.74, 6) is 0.215. The molecule has 1 saturated heterocycles. The number of amides is 1. The van der Waals surface area contributed by atoms with E-state index in [9.17, 15) is 4.79 Å². The van der Waals surface area contributed by atoms with Gasteiger partial charge in [0.05, 0.1) is 6.04 Å². The van der Waals surface area contributed by atoms with Crippen molar-refractivity contribution in [3.8, 4) is 0 Å². The molecular weight excluding hydrogens is 224 g/mol. The molecule has 1 aliphatic heterocycles. The van der Waals surface area contributed by atoms with Crippen LogP contribution in [0, 0.1) is 13.8 Å². The lowest BCUT2D eigenvalue weighted by atomic mass is 10.1. The molecule has 0 radical (unpaired) electrons. The van der Waals surface area contributed by atoms with Gasteiger partial charge in [0.15, 0.2) is 0 Å². The minimum atomic E-state index is 0.00607. The molecule has 1 aromatic carbocycles. The molecule has 2 rings (SSSR count). The maximum absolute atomic E-state index is 12.3. The van der Waals surface area contributed by atoms with Crippen molar-refractivity contribution in [3.05, 3.63) is 29.3 Å². The third-order valence-electron chi connectivity index (χ3n) is 3.65. The van der Waals surface area contributed by atoms with Crippen LogP contribution in [0.1, 0.15) is 30.9 Å². The fraction of sp³-hybridized carbons (Fsp3) is 0.533. The maximum Gasteiger partial charge on any atom is 0.244 e. The lowest BCUT2D eigenvalue weighted by molar-refractivity contribution is -0.118. The first-order chi connectivity index (χ1) is 8.63. The molecule has 0 spiro atoms. The molecule has 1 unspecified atom stereocenters. The van der Waals surface area contributed by atoms with E-state index in [0.717, 1.165) is 31.6 Å². The number of benzene rings is 1. The number of aryl methyl sites for hydroxylation is 2. The lowest BCUT2D eigenvalue weighted by Crippen LogP contribution is -2.38. The Morgan fingerprint density at radius 2 is 2.11 bits per heavy atom. The smallest absolute Gasteiger partial charge is 0.244 e. The van der Waals surface area contributed by atoms with Gasteiger partial charge in [-0.3, -0.25) is 4.79 Å². The number of carbonyl (C=O) groups is 1. The Balaban J connectivity index is 2.10. The third-order valence-corrected chi connectivity index (χ3v) is 3.65. The van der Waals surface area contributed by atoms with Gasteiger partial charge in [-0.1, -0.05) is 13.0 Å². The zero-order valence-electron chi connectivity index (χ0n) is 11.5. The molecule has 1 amide bonds. The normalized spacial score (nSPS) is 19.6. The van der Waals surface area contributed by atoms with Crippen LogP contribution < -0.4 is 10.2 Å². The van der Waals surface area contributed by atoms with Crippen molar-refractivity contribution >= 4 is 11.6 Å². The molecule has 3 nitrogen and oxygen atoms in total. The Morgan fingerprint density at radius 3 is 2.78 bits per heavy atom. The van der Waals surface area contributed by atoms with E-state index < -0.39 is 0 Å². The van der Waals surface area contributed by atoms with E-state index >= 15 is 0 Å². The Labute approximate surface area is 109 Å². The molecule has 0 aromatic heterocycles. The quantitative estimate of drug-likeness (QED) is 0.885. The summed E-state index contributed by atoms with van der Waals surface area (Å²) in [6.07, 6.45) is 1.97. The summed E-state index contributed by atoms with van der Waals surface area (Å²) in [6, 6.07) is 6.24. The molecule has 3 heteroatoms. The highest BCUT2D eigenvalue weighted by Crippen LogP contribution is 2.23. The van der Waals surface area contributed by atoms with Crippen LogP contribution in [0.25, 0.3) is 0 Å². The molecule has 18 heavy (non-hydrogen) atoms. The number of rotatable bonds is 4. The van der Waals surface area contributed by atoms with Gasteiger partial charge in [0.1, 0.15) is 0 Å². The second-order valence-corrected chi connectivity index (χ2v) is 5.05. The van der Waals surface area contributed by atoms with Crippen LogP contribution in [0.15, 0.2) is 18.2 Å². The van der Waals surface area contributed by atoms with Crippen LogP contribution >= 0.6 is 0 Å². The predicted octanol–water partition coefficient (Wildman–Crippen LogP) is 2.41. The van der Waals surface area contributed by atoms with Crippen molar-refractivity contribution in [1.82, 2.24) is 5.32 Å². The molecule has 0 saturated carbocycles. The van der Waals surface area contributed by atoms with Gasteiger partial charge in [0, 0.05) is 12.2 Å². The van der Waals surface area contributed by atoms with Crippen molar-refractivity contribution in [3.63, 3.8) is 0 Å². The molecule has 98 valence electrons. The number of nitrogens with one attached hydrogen (secondary N) is 1. The van der Waals surface area contributed by atoms with Crippen molar-refractivity contribution in [2.45, 2.75) is 39.7 Å². The minimum Gasteiger partial charge on any atom is -0.311 e. The zero-order valence-corrected chi connectivity index (χ0v) is 11.5. The SMILES string of the molecule is CCCNC1CCN(c2ccc(C)c(C)c2)C1=O. The monoisotopic (exact) mass is 246 g/mol. The van der Waals surface area contributed by atoms with E-state index in [0.29, 0.717) is 0 Å². The summed E-state index contributed by atoms with van der Waals surface area (Å²) >= 11 is 0. The largest absolute Gasteiger partial charge is 0.311 e. The standard InChI is InChI=1S/C15H22N2O/c1-4-8-16-14-7-9-17(15(14)18)13-6-5-11(2)12(3)10-13/h5-6,10,14,16H,4,7-9H2,1-3H3. The van der Waals surface area contributed by atoms with E-state index in [1.165, 1.54) is 11.1 Å². The Hall–Kier alpha value is -1.35. The maximum atomic E-state index is 12.3. The highest BCUT2D eigenvalue weighted by molar-refractivity contribution is 5.99. The number of anilines is 1. The molecule has 1 atom stereocenters.